The SMILES string of the molecule is CC(CO)(c1cccc(Br)n1)C(Cl)C(N)=O. The van der Waals surface area contributed by atoms with Crippen LogP contribution in [-0.4, -0.2) is 28.0 Å². The molecule has 0 saturated carbocycles. The first-order valence-electron chi connectivity index (χ1n) is 4.59. The van der Waals surface area contributed by atoms with Gasteiger partial charge in [0.15, 0.2) is 0 Å². The second-order valence-corrected chi connectivity index (χ2v) is 4.93. The van der Waals surface area contributed by atoms with E-state index in [1.807, 2.05) is 0 Å². The van der Waals surface area contributed by atoms with Gasteiger partial charge in [-0.1, -0.05) is 6.07 Å². The number of carbonyl (C=O) groups is 1. The van der Waals surface area contributed by atoms with Crippen LogP contribution in [0.3, 0.4) is 0 Å². The number of nitrogens with two attached hydrogens (primary N) is 1. The molecule has 2 atom stereocenters. The van der Waals surface area contributed by atoms with Crippen LogP contribution in [0.1, 0.15) is 12.6 Å². The normalized spacial score (nSPS) is 16.5. The highest BCUT2D eigenvalue weighted by atomic mass is 79.9. The minimum absolute atomic E-state index is 0.312. The summed E-state index contributed by atoms with van der Waals surface area (Å²) in [7, 11) is 0. The number of aliphatic hydroxyl groups excluding tert-OH is 1. The van der Waals surface area contributed by atoms with E-state index >= 15 is 0 Å². The molecule has 0 aliphatic rings. The largest absolute Gasteiger partial charge is 0.395 e. The predicted octanol–water partition coefficient (Wildman–Crippen LogP) is 1.19. The molecule has 1 rings (SSSR count). The van der Waals surface area contributed by atoms with Crippen molar-refractivity contribution in [2.24, 2.45) is 5.73 Å². The van der Waals surface area contributed by atoms with E-state index in [1.54, 1.807) is 25.1 Å². The summed E-state index contributed by atoms with van der Waals surface area (Å²) in [6.45, 7) is 1.33. The van der Waals surface area contributed by atoms with Gasteiger partial charge in [-0.3, -0.25) is 4.79 Å². The molecule has 0 radical (unpaired) electrons. The molecule has 4 nitrogen and oxygen atoms in total. The Bertz CT molecular complexity index is 402. The van der Waals surface area contributed by atoms with Crippen molar-refractivity contribution in [3.63, 3.8) is 0 Å². The summed E-state index contributed by atoms with van der Waals surface area (Å²) in [5, 5.41) is 8.39. The van der Waals surface area contributed by atoms with Crippen LogP contribution in [0.15, 0.2) is 22.8 Å². The summed E-state index contributed by atoms with van der Waals surface area (Å²) in [4.78, 5) is 15.3. The quantitative estimate of drug-likeness (QED) is 0.648. The number of pyridine rings is 1. The Morgan fingerprint density at radius 3 is 2.81 bits per heavy atom. The number of aliphatic hydroxyl groups is 1. The first-order chi connectivity index (χ1) is 7.41. The molecule has 1 heterocycles. The fraction of sp³-hybridized carbons (Fsp3) is 0.400. The van der Waals surface area contributed by atoms with E-state index in [0.717, 1.165) is 0 Å². The third kappa shape index (κ3) is 2.53. The number of primary amides is 1. The van der Waals surface area contributed by atoms with Gasteiger partial charge in [0, 0.05) is 0 Å². The smallest absolute Gasteiger partial charge is 0.236 e. The van der Waals surface area contributed by atoms with E-state index in [4.69, 9.17) is 17.3 Å². The molecule has 0 aliphatic carbocycles. The summed E-state index contributed by atoms with van der Waals surface area (Å²) in [5.74, 6) is -0.681. The van der Waals surface area contributed by atoms with Crippen LogP contribution in [0.25, 0.3) is 0 Å². The Hall–Kier alpha value is -0.650. The van der Waals surface area contributed by atoms with Crippen LogP contribution >= 0.6 is 27.5 Å². The molecule has 16 heavy (non-hydrogen) atoms. The van der Waals surface area contributed by atoms with Crippen molar-refractivity contribution in [1.29, 1.82) is 0 Å². The molecule has 6 heteroatoms. The maximum Gasteiger partial charge on any atom is 0.236 e. The van der Waals surface area contributed by atoms with E-state index < -0.39 is 16.7 Å². The highest BCUT2D eigenvalue weighted by molar-refractivity contribution is 9.10. The van der Waals surface area contributed by atoms with Crippen LogP contribution in [0, 0.1) is 0 Å². The summed E-state index contributed by atoms with van der Waals surface area (Å²) in [5.41, 5.74) is 4.68. The Labute approximate surface area is 107 Å². The molecule has 0 aromatic carbocycles. The van der Waals surface area contributed by atoms with Gasteiger partial charge in [0.1, 0.15) is 9.98 Å². The Morgan fingerprint density at radius 1 is 1.75 bits per heavy atom. The molecular formula is C10H12BrClN2O2. The minimum Gasteiger partial charge on any atom is -0.395 e. The van der Waals surface area contributed by atoms with Gasteiger partial charge >= 0.3 is 0 Å². The molecule has 3 N–H and O–H groups in total. The number of carbonyl (C=O) groups excluding carboxylic acids is 1. The molecule has 88 valence electrons. The van der Waals surface area contributed by atoms with E-state index in [0.29, 0.717) is 10.3 Å². The number of hydrogen-bond donors (Lipinski definition) is 2. The molecule has 0 saturated heterocycles. The summed E-state index contributed by atoms with van der Waals surface area (Å²) in [6, 6.07) is 5.19. The number of aromatic nitrogens is 1. The van der Waals surface area contributed by atoms with Crippen molar-refractivity contribution < 1.29 is 9.90 Å². The van der Waals surface area contributed by atoms with E-state index in [-0.39, 0.29) is 6.61 Å². The molecule has 2 unspecified atom stereocenters. The Morgan fingerprint density at radius 2 is 2.38 bits per heavy atom. The van der Waals surface area contributed by atoms with Crippen LogP contribution in [-0.2, 0) is 10.2 Å². The van der Waals surface area contributed by atoms with Crippen LogP contribution < -0.4 is 5.73 Å². The standard InChI is InChI=1S/C10H12BrClN2O2/c1-10(5-15,8(12)9(13)16)6-3-2-4-7(11)14-6/h2-4,8,15H,5H2,1H3,(H2,13,16). The highest BCUT2D eigenvalue weighted by Gasteiger charge is 2.39. The molecule has 0 fully saturated rings. The Balaban J connectivity index is 3.19. The summed E-state index contributed by atoms with van der Waals surface area (Å²) >= 11 is 9.14. The van der Waals surface area contributed by atoms with Crippen molar-refractivity contribution in [1.82, 2.24) is 4.98 Å². The fourth-order valence-corrected chi connectivity index (χ4v) is 1.86. The number of amides is 1. The first kappa shape index (κ1) is 13.4. The van der Waals surface area contributed by atoms with Gasteiger partial charge in [-0.05, 0) is 35.0 Å². The van der Waals surface area contributed by atoms with Gasteiger partial charge in [0.05, 0.1) is 17.7 Å². The van der Waals surface area contributed by atoms with Crippen molar-refractivity contribution >= 4 is 33.4 Å². The average Bonchev–Trinajstić information content (AvgIpc) is 2.26. The van der Waals surface area contributed by atoms with Gasteiger partial charge < -0.3 is 10.8 Å². The number of nitrogens with zero attached hydrogens (tertiary/aromatic N) is 1. The van der Waals surface area contributed by atoms with Crippen LogP contribution in [0.5, 0.6) is 0 Å². The zero-order valence-electron chi connectivity index (χ0n) is 8.65. The number of alkyl halides is 1. The maximum absolute atomic E-state index is 11.1. The van der Waals surface area contributed by atoms with Crippen LogP contribution in [0.4, 0.5) is 0 Å². The van der Waals surface area contributed by atoms with Gasteiger partial charge in [-0.2, -0.15) is 0 Å². The molecule has 0 spiro atoms. The maximum atomic E-state index is 11.1. The fourth-order valence-electron chi connectivity index (χ4n) is 1.33. The number of rotatable bonds is 4. The third-order valence-corrected chi connectivity index (χ3v) is 3.58. The molecular weight excluding hydrogens is 295 g/mol. The van der Waals surface area contributed by atoms with Crippen molar-refractivity contribution in [3.05, 3.63) is 28.5 Å². The molecule has 1 aromatic heterocycles. The van der Waals surface area contributed by atoms with Gasteiger partial charge in [-0.25, -0.2) is 4.98 Å². The van der Waals surface area contributed by atoms with E-state index in [9.17, 15) is 9.90 Å². The molecule has 1 amide bonds. The topological polar surface area (TPSA) is 76.2 Å². The van der Waals surface area contributed by atoms with Crippen LogP contribution in [0.2, 0.25) is 0 Å². The van der Waals surface area contributed by atoms with Gasteiger partial charge in [0.25, 0.3) is 0 Å². The molecule has 0 aliphatic heterocycles. The molecule has 0 bridgehead atoms. The number of hydrogen-bond acceptors (Lipinski definition) is 3. The lowest BCUT2D eigenvalue weighted by Crippen LogP contribution is -2.45. The lowest BCUT2D eigenvalue weighted by Gasteiger charge is -2.29. The van der Waals surface area contributed by atoms with E-state index in [1.165, 1.54) is 0 Å². The van der Waals surface area contributed by atoms with Crippen molar-refractivity contribution in [2.45, 2.75) is 17.7 Å². The van der Waals surface area contributed by atoms with Crippen molar-refractivity contribution in [3.8, 4) is 0 Å². The monoisotopic (exact) mass is 306 g/mol. The predicted molar refractivity (Wildman–Crippen MR) is 65.2 cm³/mol. The second-order valence-electron chi connectivity index (χ2n) is 3.69. The van der Waals surface area contributed by atoms with Crippen molar-refractivity contribution in [2.75, 3.05) is 6.61 Å². The third-order valence-electron chi connectivity index (χ3n) is 2.44. The number of halogens is 2. The minimum atomic E-state index is -1.01. The highest BCUT2D eigenvalue weighted by Crippen LogP contribution is 2.30. The Kier molecular flexibility index (Phi) is 4.29. The molecule has 1 aromatic rings. The lowest BCUT2D eigenvalue weighted by atomic mass is 9.83. The lowest BCUT2D eigenvalue weighted by molar-refractivity contribution is -0.119. The van der Waals surface area contributed by atoms with Gasteiger partial charge in [0.2, 0.25) is 5.91 Å². The zero-order chi connectivity index (χ0) is 12.3. The van der Waals surface area contributed by atoms with Gasteiger partial charge in [-0.15, -0.1) is 11.6 Å². The second kappa shape index (κ2) is 5.12. The van der Waals surface area contributed by atoms with E-state index in [2.05, 4.69) is 20.9 Å². The zero-order valence-corrected chi connectivity index (χ0v) is 11.0. The summed E-state index contributed by atoms with van der Waals surface area (Å²) in [6.07, 6.45) is 0. The first-order valence-corrected chi connectivity index (χ1v) is 5.82. The summed E-state index contributed by atoms with van der Waals surface area (Å²) < 4.78 is 0.609. The average molecular weight is 308 g/mol.